The van der Waals surface area contributed by atoms with E-state index in [1.165, 1.54) is 6.21 Å². The molecule has 3 N–H and O–H groups in total. The zero-order valence-electron chi connectivity index (χ0n) is 14.4. The first-order chi connectivity index (χ1) is 13.0. The smallest absolute Gasteiger partial charge is 0.275 e. The van der Waals surface area contributed by atoms with E-state index in [2.05, 4.69) is 26.5 Å². The summed E-state index contributed by atoms with van der Waals surface area (Å²) in [7, 11) is 0. The van der Waals surface area contributed by atoms with E-state index in [-0.39, 0.29) is 17.1 Å². The predicted octanol–water partition coefficient (Wildman–Crippen LogP) is 4.18. The van der Waals surface area contributed by atoms with E-state index in [4.69, 9.17) is 4.74 Å². The molecule has 6 nitrogen and oxygen atoms in total. The van der Waals surface area contributed by atoms with E-state index < -0.39 is 5.91 Å². The third-order valence-electron chi connectivity index (χ3n) is 3.84. The fourth-order valence-corrected chi connectivity index (χ4v) is 3.03. The summed E-state index contributed by atoms with van der Waals surface area (Å²) >= 11 is 3.24. The van der Waals surface area contributed by atoms with Crippen LogP contribution >= 0.6 is 15.9 Å². The topological polar surface area (TPSA) is 91.2 Å². The lowest BCUT2D eigenvalue weighted by Crippen LogP contribution is -2.17. The Morgan fingerprint density at radius 3 is 2.59 bits per heavy atom. The summed E-state index contributed by atoms with van der Waals surface area (Å²) in [5.74, 6) is -0.337. The molecular weight excluding hydrogens is 412 g/mol. The Kier molecular flexibility index (Phi) is 5.61. The summed E-state index contributed by atoms with van der Waals surface area (Å²) in [6.07, 6.45) is 1.42. The molecule has 0 saturated carbocycles. The van der Waals surface area contributed by atoms with Gasteiger partial charge in [0, 0.05) is 0 Å². The van der Waals surface area contributed by atoms with Crippen molar-refractivity contribution in [1.82, 2.24) is 5.43 Å². The van der Waals surface area contributed by atoms with Crippen LogP contribution in [0, 0.1) is 0 Å². The number of halogens is 1. The Hall–Kier alpha value is -3.06. The van der Waals surface area contributed by atoms with Crippen molar-refractivity contribution < 1.29 is 19.7 Å². The van der Waals surface area contributed by atoms with Gasteiger partial charge in [-0.05, 0) is 63.5 Å². The van der Waals surface area contributed by atoms with Crippen molar-refractivity contribution in [3.63, 3.8) is 0 Å². The Balaban J connectivity index is 1.79. The summed E-state index contributed by atoms with van der Waals surface area (Å²) in [6, 6.07) is 13.8. The van der Waals surface area contributed by atoms with Gasteiger partial charge in [0.2, 0.25) is 0 Å². The van der Waals surface area contributed by atoms with Crippen LogP contribution in [0.15, 0.2) is 58.1 Å². The number of hydrazone groups is 1. The van der Waals surface area contributed by atoms with Gasteiger partial charge in [0.15, 0.2) is 11.5 Å². The molecule has 27 heavy (non-hydrogen) atoms. The van der Waals surface area contributed by atoms with Crippen LogP contribution in [-0.2, 0) is 0 Å². The third-order valence-corrected chi connectivity index (χ3v) is 4.44. The number of aromatic hydroxyl groups is 2. The Labute approximate surface area is 164 Å². The molecule has 0 radical (unpaired) electrons. The van der Waals surface area contributed by atoms with Crippen molar-refractivity contribution in [3.05, 3.63) is 64.1 Å². The summed E-state index contributed by atoms with van der Waals surface area (Å²) in [5, 5.41) is 25.6. The Morgan fingerprint density at radius 2 is 1.89 bits per heavy atom. The Bertz CT molecular complexity index is 1030. The maximum Gasteiger partial charge on any atom is 0.275 e. The van der Waals surface area contributed by atoms with Crippen LogP contribution in [0.25, 0.3) is 10.8 Å². The highest BCUT2D eigenvalue weighted by molar-refractivity contribution is 9.10. The number of nitrogens with one attached hydrogen (secondary N) is 1. The highest BCUT2D eigenvalue weighted by Gasteiger charge is 2.12. The molecule has 0 saturated heterocycles. The number of hydrogen-bond donors (Lipinski definition) is 3. The monoisotopic (exact) mass is 428 g/mol. The van der Waals surface area contributed by atoms with Gasteiger partial charge in [-0.25, -0.2) is 5.43 Å². The summed E-state index contributed by atoms with van der Waals surface area (Å²) in [6.45, 7) is 2.21. The number of nitrogens with zero attached hydrogens (tertiary/aromatic N) is 1. The molecule has 1 amide bonds. The molecule has 3 rings (SSSR count). The van der Waals surface area contributed by atoms with E-state index in [0.29, 0.717) is 22.4 Å². The van der Waals surface area contributed by atoms with Gasteiger partial charge < -0.3 is 14.9 Å². The number of phenols is 2. The summed E-state index contributed by atoms with van der Waals surface area (Å²) < 4.78 is 5.80. The number of ether oxygens (including phenoxy) is 1. The molecule has 0 aliphatic heterocycles. The minimum Gasteiger partial charge on any atom is -0.507 e. The van der Waals surface area contributed by atoms with Crippen molar-refractivity contribution in [3.8, 4) is 17.2 Å². The molecule has 0 heterocycles. The van der Waals surface area contributed by atoms with Gasteiger partial charge in [-0.15, -0.1) is 0 Å². The number of amides is 1. The number of hydrogen-bond acceptors (Lipinski definition) is 5. The molecule has 7 heteroatoms. The molecule has 0 aliphatic rings. The van der Waals surface area contributed by atoms with Gasteiger partial charge in [0.25, 0.3) is 5.91 Å². The molecule has 0 unspecified atom stereocenters. The quantitative estimate of drug-likeness (QED) is 0.419. The van der Waals surface area contributed by atoms with Crippen LogP contribution in [0.2, 0.25) is 0 Å². The van der Waals surface area contributed by atoms with Gasteiger partial charge in [0.05, 0.1) is 22.9 Å². The van der Waals surface area contributed by atoms with Crippen molar-refractivity contribution in [2.75, 3.05) is 6.61 Å². The summed E-state index contributed by atoms with van der Waals surface area (Å²) in [5.41, 5.74) is 3.14. The molecule has 3 aromatic rings. The lowest BCUT2D eigenvalue weighted by atomic mass is 10.1. The maximum atomic E-state index is 12.3. The second kappa shape index (κ2) is 8.09. The van der Waals surface area contributed by atoms with Crippen molar-refractivity contribution in [2.24, 2.45) is 5.10 Å². The number of carbonyl (C=O) groups excluding carboxylic acids is 1. The number of phenolic OH excluding ortho intramolecular Hbond substituents is 2. The normalized spacial score (nSPS) is 11.0. The van der Waals surface area contributed by atoms with Gasteiger partial charge in [-0.2, -0.15) is 5.10 Å². The van der Waals surface area contributed by atoms with Gasteiger partial charge in [-0.1, -0.05) is 24.3 Å². The molecule has 0 atom stereocenters. The first-order valence-corrected chi connectivity index (χ1v) is 8.99. The minimum absolute atomic E-state index is 0.000813. The van der Waals surface area contributed by atoms with Crippen LogP contribution in [0.3, 0.4) is 0 Å². The summed E-state index contributed by atoms with van der Waals surface area (Å²) in [4.78, 5) is 12.3. The lowest BCUT2D eigenvalue weighted by Gasteiger charge is -2.08. The first kappa shape index (κ1) is 18.7. The van der Waals surface area contributed by atoms with E-state index in [1.807, 2.05) is 31.2 Å². The average molecular weight is 429 g/mol. The zero-order chi connectivity index (χ0) is 19.4. The minimum atomic E-state index is -0.530. The Morgan fingerprint density at radius 1 is 1.19 bits per heavy atom. The molecule has 0 fully saturated rings. The molecule has 138 valence electrons. The molecule has 0 bridgehead atoms. The maximum absolute atomic E-state index is 12.3. The van der Waals surface area contributed by atoms with Crippen molar-refractivity contribution >= 4 is 38.8 Å². The highest BCUT2D eigenvalue weighted by Crippen LogP contribution is 2.35. The SMILES string of the molecule is CCOc1cc(/C=N/NC(=O)c2cc3ccccc3cc2O)cc(Br)c1O. The average Bonchev–Trinajstić information content (AvgIpc) is 2.65. The molecule has 0 aliphatic carbocycles. The first-order valence-electron chi connectivity index (χ1n) is 8.20. The van der Waals surface area contributed by atoms with E-state index in [0.717, 1.165) is 10.8 Å². The van der Waals surface area contributed by atoms with Crippen molar-refractivity contribution in [2.45, 2.75) is 6.92 Å². The lowest BCUT2D eigenvalue weighted by molar-refractivity contribution is 0.0952. The second-order valence-electron chi connectivity index (χ2n) is 5.70. The molecule has 3 aromatic carbocycles. The molecular formula is C20H17BrN2O4. The van der Waals surface area contributed by atoms with E-state index >= 15 is 0 Å². The zero-order valence-corrected chi connectivity index (χ0v) is 16.0. The molecule has 0 aromatic heterocycles. The van der Waals surface area contributed by atoms with Gasteiger partial charge in [0.1, 0.15) is 5.75 Å². The third kappa shape index (κ3) is 4.20. The largest absolute Gasteiger partial charge is 0.507 e. The number of carbonyl (C=O) groups is 1. The van der Waals surface area contributed by atoms with Crippen LogP contribution in [0.5, 0.6) is 17.2 Å². The fourth-order valence-electron chi connectivity index (χ4n) is 2.57. The van der Waals surface area contributed by atoms with E-state index in [1.54, 1.807) is 24.3 Å². The number of benzene rings is 3. The fraction of sp³-hybridized carbons (Fsp3) is 0.100. The van der Waals surface area contributed by atoms with E-state index in [9.17, 15) is 15.0 Å². The van der Waals surface area contributed by atoms with Crippen LogP contribution in [0.1, 0.15) is 22.8 Å². The predicted molar refractivity (Wildman–Crippen MR) is 108 cm³/mol. The van der Waals surface area contributed by atoms with Crippen LogP contribution in [0.4, 0.5) is 0 Å². The van der Waals surface area contributed by atoms with Crippen LogP contribution in [-0.4, -0.2) is 28.9 Å². The van der Waals surface area contributed by atoms with Crippen molar-refractivity contribution in [1.29, 1.82) is 0 Å². The number of fused-ring (bicyclic) bond motifs is 1. The second-order valence-corrected chi connectivity index (χ2v) is 6.55. The van der Waals surface area contributed by atoms with Crippen LogP contribution < -0.4 is 10.2 Å². The van der Waals surface area contributed by atoms with Gasteiger partial charge >= 0.3 is 0 Å². The molecule has 0 spiro atoms. The van der Waals surface area contributed by atoms with Gasteiger partial charge in [-0.3, -0.25) is 4.79 Å². The highest BCUT2D eigenvalue weighted by atomic mass is 79.9. The number of rotatable bonds is 5. The standard InChI is InChI=1S/C20H17BrN2O4/c1-2-27-18-8-12(7-16(21)19(18)25)11-22-23-20(26)15-9-13-5-3-4-6-14(13)10-17(15)24/h3-11,24-25H,2H2,1H3,(H,23,26)/b22-11+.